The Morgan fingerprint density at radius 2 is 1.73 bits per heavy atom. The van der Waals surface area contributed by atoms with Crippen LogP contribution >= 0.6 is 0 Å². The molecule has 0 N–H and O–H groups in total. The van der Waals surface area contributed by atoms with Crippen molar-refractivity contribution < 1.29 is 19.1 Å². The van der Waals surface area contributed by atoms with Gasteiger partial charge in [-0.15, -0.1) is 0 Å². The van der Waals surface area contributed by atoms with E-state index >= 15 is 0 Å². The van der Waals surface area contributed by atoms with Gasteiger partial charge in [0.2, 0.25) is 5.91 Å². The molecule has 2 amide bonds. The highest BCUT2D eigenvalue weighted by Gasteiger charge is 2.30. The van der Waals surface area contributed by atoms with E-state index in [-0.39, 0.29) is 18.2 Å². The van der Waals surface area contributed by atoms with Crippen LogP contribution < -0.4 is 14.5 Å². The molecule has 0 saturated heterocycles. The summed E-state index contributed by atoms with van der Waals surface area (Å²) in [6, 6.07) is 11.5. The molecule has 0 radical (unpaired) electrons. The first-order chi connectivity index (χ1) is 14.5. The number of aryl methyl sites for hydroxylation is 1. The fourth-order valence-electron chi connectivity index (χ4n) is 3.91. The van der Waals surface area contributed by atoms with Gasteiger partial charge in [-0.3, -0.25) is 9.59 Å². The Balaban J connectivity index is 1.57. The fraction of sp³-hybridized carbons (Fsp3) is 0.348. The van der Waals surface area contributed by atoms with Crippen molar-refractivity contribution in [3.63, 3.8) is 0 Å². The minimum absolute atomic E-state index is 0.0991. The molecule has 0 atom stereocenters. The van der Waals surface area contributed by atoms with Crippen LogP contribution in [-0.2, 0) is 22.6 Å². The zero-order valence-corrected chi connectivity index (χ0v) is 17.5. The van der Waals surface area contributed by atoms with Crippen LogP contribution in [0.2, 0.25) is 0 Å². The molecule has 2 aliphatic rings. The zero-order valence-electron chi connectivity index (χ0n) is 17.5. The standard InChI is InChI=1S/C23H25N3O4/c1-15-5-4-6-18(11-15)26-22(27)8-7-19(24-26)23(28)25-10-9-16-12-20(29-2)21(30-3)13-17(16)14-25/h4-6,11-13H,7-10,14H2,1-3H3. The molecule has 7 heteroatoms. The number of amides is 2. The van der Waals surface area contributed by atoms with Gasteiger partial charge < -0.3 is 14.4 Å². The van der Waals surface area contributed by atoms with Gasteiger partial charge in [-0.25, -0.2) is 5.01 Å². The van der Waals surface area contributed by atoms with Crippen LogP contribution in [0, 0.1) is 6.92 Å². The number of methoxy groups -OCH3 is 2. The van der Waals surface area contributed by atoms with Crippen LogP contribution in [0.1, 0.15) is 29.5 Å². The number of rotatable bonds is 4. The lowest BCUT2D eigenvalue weighted by atomic mass is 9.98. The van der Waals surface area contributed by atoms with Gasteiger partial charge in [-0.2, -0.15) is 5.10 Å². The van der Waals surface area contributed by atoms with Gasteiger partial charge in [0, 0.05) is 25.9 Å². The van der Waals surface area contributed by atoms with Crippen LogP contribution in [0.3, 0.4) is 0 Å². The summed E-state index contributed by atoms with van der Waals surface area (Å²) in [5.74, 6) is 1.12. The third-order valence-corrected chi connectivity index (χ3v) is 5.53. The quantitative estimate of drug-likeness (QED) is 0.781. The molecule has 0 fully saturated rings. The average molecular weight is 407 g/mol. The van der Waals surface area contributed by atoms with Crippen molar-refractivity contribution >= 4 is 23.2 Å². The van der Waals surface area contributed by atoms with E-state index in [1.807, 2.05) is 43.3 Å². The van der Waals surface area contributed by atoms with Crippen molar-refractivity contribution in [2.24, 2.45) is 5.10 Å². The molecular formula is C23H25N3O4. The van der Waals surface area contributed by atoms with Crippen molar-refractivity contribution in [2.75, 3.05) is 25.8 Å². The summed E-state index contributed by atoms with van der Waals surface area (Å²) in [5.41, 5.74) is 4.32. The molecule has 2 heterocycles. The third kappa shape index (κ3) is 3.75. The smallest absolute Gasteiger partial charge is 0.270 e. The van der Waals surface area contributed by atoms with Gasteiger partial charge in [-0.05, 0) is 54.3 Å². The molecule has 0 saturated carbocycles. The molecule has 2 aromatic carbocycles. The SMILES string of the molecule is COc1cc2c(cc1OC)CN(C(=O)C1=NN(c3cccc(C)c3)C(=O)CC1)CC2. The Bertz CT molecular complexity index is 1030. The number of nitrogens with zero attached hydrogens (tertiary/aromatic N) is 3. The normalized spacial score (nSPS) is 16.1. The number of carbonyl (C=O) groups excluding carboxylic acids is 2. The largest absolute Gasteiger partial charge is 0.493 e. The van der Waals surface area contributed by atoms with E-state index in [2.05, 4.69) is 5.10 Å². The minimum Gasteiger partial charge on any atom is -0.493 e. The summed E-state index contributed by atoms with van der Waals surface area (Å²) in [5, 5.41) is 5.79. The maximum Gasteiger partial charge on any atom is 0.270 e. The number of hydrogen-bond donors (Lipinski definition) is 0. The van der Waals surface area contributed by atoms with Crippen LogP contribution in [0.15, 0.2) is 41.5 Å². The summed E-state index contributed by atoms with van der Waals surface area (Å²) < 4.78 is 10.8. The van der Waals surface area contributed by atoms with Gasteiger partial charge in [0.15, 0.2) is 11.5 Å². The summed E-state index contributed by atoms with van der Waals surface area (Å²) in [7, 11) is 3.22. The highest BCUT2D eigenvalue weighted by atomic mass is 16.5. The molecule has 0 bridgehead atoms. The van der Waals surface area contributed by atoms with Gasteiger partial charge in [0.25, 0.3) is 5.91 Å². The first-order valence-corrected chi connectivity index (χ1v) is 10.0. The number of ether oxygens (including phenoxy) is 2. The van der Waals surface area contributed by atoms with E-state index in [1.54, 1.807) is 19.1 Å². The summed E-state index contributed by atoms with van der Waals surface area (Å²) in [6.45, 7) is 3.03. The summed E-state index contributed by atoms with van der Waals surface area (Å²) in [6.07, 6.45) is 1.36. The van der Waals surface area contributed by atoms with Gasteiger partial charge in [0.1, 0.15) is 5.71 Å². The average Bonchev–Trinajstić information content (AvgIpc) is 2.77. The lowest BCUT2D eigenvalue weighted by molar-refractivity contribution is -0.125. The van der Waals surface area contributed by atoms with Gasteiger partial charge in [0.05, 0.1) is 19.9 Å². The monoisotopic (exact) mass is 407 g/mol. The summed E-state index contributed by atoms with van der Waals surface area (Å²) >= 11 is 0. The second-order valence-corrected chi connectivity index (χ2v) is 7.54. The van der Waals surface area contributed by atoms with E-state index in [9.17, 15) is 9.59 Å². The molecule has 156 valence electrons. The fourth-order valence-corrected chi connectivity index (χ4v) is 3.91. The van der Waals surface area contributed by atoms with E-state index in [0.717, 1.165) is 23.1 Å². The molecule has 7 nitrogen and oxygen atoms in total. The van der Waals surface area contributed by atoms with Crippen molar-refractivity contribution in [2.45, 2.75) is 32.7 Å². The van der Waals surface area contributed by atoms with Crippen molar-refractivity contribution in [1.82, 2.24) is 4.90 Å². The highest BCUT2D eigenvalue weighted by molar-refractivity contribution is 6.40. The molecule has 0 unspecified atom stereocenters. The first-order valence-electron chi connectivity index (χ1n) is 10.0. The number of fused-ring (bicyclic) bond motifs is 1. The molecule has 0 spiro atoms. The van der Waals surface area contributed by atoms with Crippen molar-refractivity contribution in [1.29, 1.82) is 0 Å². The zero-order chi connectivity index (χ0) is 21.3. The second kappa shape index (κ2) is 8.18. The van der Waals surface area contributed by atoms with E-state index < -0.39 is 0 Å². The van der Waals surface area contributed by atoms with Gasteiger partial charge >= 0.3 is 0 Å². The maximum atomic E-state index is 13.2. The lowest BCUT2D eigenvalue weighted by Gasteiger charge is -2.31. The Hall–Kier alpha value is -3.35. The molecule has 30 heavy (non-hydrogen) atoms. The Morgan fingerprint density at radius 3 is 2.43 bits per heavy atom. The van der Waals surface area contributed by atoms with Crippen LogP contribution in [-0.4, -0.2) is 43.2 Å². The lowest BCUT2D eigenvalue weighted by Crippen LogP contribution is -2.43. The molecular weight excluding hydrogens is 382 g/mol. The van der Waals surface area contributed by atoms with Crippen LogP contribution in [0.5, 0.6) is 11.5 Å². The minimum atomic E-state index is -0.124. The third-order valence-electron chi connectivity index (χ3n) is 5.53. The number of hydrazone groups is 1. The molecule has 2 aliphatic heterocycles. The van der Waals surface area contributed by atoms with Gasteiger partial charge in [-0.1, -0.05) is 12.1 Å². The van der Waals surface area contributed by atoms with E-state index in [0.29, 0.717) is 42.4 Å². The van der Waals surface area contributed by atoms with Crippen LogP contribution in [0.4, 0.5) is 5.69 Å². The van der Waals surface area contributed by atoms with Crippen LogP contribution in [0.25, 0.3) is 0 Å². The Kier molecular flexibility index (Phi) is 5.44. The maximum absolute atomic E-state index is 13.2. The van der Waals surface area contributed by atoms with E-state index in [1.165, 1.54) is 5.01 Å². The predicted molar refractivity (Wildman–Crippen MR) is 114 cm³/mol. The van der Waals surface area contributed by atoms with Crippen molar-refractivity contribution in [3.8, 4) is 11.5 Å². The number of carbonyl (C=O) groups is 2. The molecule has 0 aliphatic carbocycles. The Morgan fingerprint density at radius 1 is 1.00 bits per heavy atom. The summed E-state index contributed by atoms with van der Waals surface area (Å²) in [4.78, 5) is 27.4. The van der Waals surface area contributed by atoms with E-state index in [4.69, 9.17) is 9.47 Å². The highest BCUT2D eigenvalue weighted by Crippen LogP contribution is 2.33. The molecule has 0 aromatic heterocycles. The molecule has 2 aromatic rings. The number of benzene rings is 2. The topological polar surface area (TPSA) is 71.4 Å². The second-order valence-electron chi connectivity index (χ2n) is 7.54. The van der Waals surface area contributed by atoms with Crippen molar-refractivity contribution in [3.05, 3.63) is 53.1 Å². The molecule has 4 rings (SSSR count). The Labute approximate surface area is 175 Å². The predicted octanol–water partition coefficient (Wildman–Crippen LogP) is 3.08. The first kappa shape index (κ1) is 19.9. The number of anilines is 1. The number of hydrogen-bond acceptors (Lipinski definition) is 5.